The van der Waals surface area contributed by atoms with Crippen LogP contribution in [0.1, 0.15) is 15.9 Å². The van der Waals surface area contributed by atoms with Crippen LogP contribution in [-0.4, -0.2) is 28.7 Å². The van der Waals surface area contributed by atoms with E-state index in [1.54, 1.807) is 12.1 Å². The number of amides is 1. The highest BCUT2D eigenvalue weighted by atomic mass is 16.5. The van der Waals surface area contributed by atoms with E-state index in [1.165, 1.54) is 17.6 Å². The van der Waals surface area contributed by atoms with Gasteiger partial charge in [0.1, 0.15) is 0 Å². The van der Waals surface area contributed by atoms with Crippen LogP contribution in [0.2, 0.25) is 0 Å². The minimum Gasteiger partial charge on any atom is -0.478 e. The van der Waals surface area contributed by atoms with Crippen molar-refractivity contribution in [3.05, 3.63) is 35.4 Å². The molecule has 1 aromatic carbocycles. The van der Waals surface area contributed by atoms with Gasteiger partial charge in [-0.3, -0.25) is 10.0 Å². The number of rotatable bonds is 5. The maximum atomic E-state index is 10.6. The van der Waals surface area contributed by atoms with Crippen LogP contribution in [0.4, 0.5) is 0 Å². The van der Waals surface area contributed by atoms with Crippen LogP contribution in [0.25, 0.3) is 0 Å². The smallest absolute Gasteiger partial charge is 0.335 e. The van der Waals surface area contributed by atoms with E-state index in [0.29, 0.717) is 6.54 Å². The molecule has 0 saturated heterocycles. The van der Waals surface area contributed by atoms with Crippen LogP contribution in [0.3, 0.4) is 0 Å². The molecule has 0 aromatic heterocycles. The third-order valence-corrected chi connectivity index (χ3v) is 1.94. The number of hydrogen-bond acceptors (Lipinski definition) is 4. The predicted molar refractivity (Wildman–Crippen MR) is 55.0 cm³/mol. The van der Waals surface area contributed by atoms with E-state index < -0.39 is 11.9 Å². The molecule has 1 rings (SSSR count). The molecule has 0 saturated carbocycles. The van der Waals surface area contributed by atoms with Crippen molar-refractivity contribution in [3.8, 4) is 0 Å². The second-order valence-corrected chi connectivity index (χ2v) is 3.14. The molecule has 0 spiro atoms. The van der Waals surface area contributed by atoms with E-state index in [4.69, 9.17) is 10.3 Å². The molecule has 16 heavy (non-hydrogen) atoms. The lowest BCUT2D eigenvalue weighted by atomic mass is 10.1. The summed E-state index contributed by atoms with van der Waals surface area (Å²) in [5.41, 5.74) is 2.57. The Balaban J connectivity index is 2.43. The van der Waals surface area contributed by atoms with Crippen LogP contribution < -0.4 is 10.8 Å². The summed E-state index contributed by atoms with van der Waals surface area (Å²) in [4.78, 5) is 21.2. The minimum atomic E-state index is -0.973. The first kappa shape index (κ1) is 12.2. The third-order valence-electron chi connectivity index (χ3n) is 1.94. The predicted octanol–water partition coefficient (Wildman–Crippen LogP) is -0.0202. The van der Waals surface area contributed by atoms with Gasteiger partial charge >= 0.3 is 5.97 Å². The van der Waals surface area contributed by atoms with Crippen LogP contribution >= 0.6 is 0 Å². The first-order chi connectivity index (χ1) is 7.63. The molecule has 0 aliphatic rings. The highest BCUT2D eigenvalue weighted by Crippen LogP contribution is 2.03. The maximum absolute atomic E-state index is 10.6. The Morgan fingerprint density at radius 3 is 2.31 bits per heavy atom. The van der Waals surface area contributed by atoms with Gasteiger partial charge in [0.2, 0.25) is 0 Å². The number of nitrogens with one attached hydrogen (secondary N) is 2. The molecule has 1 amide bonds. The topological polar surface area (TPSA) is 98.7 Å². The van der Waals surface area contributed by atoms with Crippen molar-refractivity contribution in [1.82, 2.24) is 10.8 Å². The number of hydroxylamine groups is 1. The van der Waals surface area contributed by atoms with Gasteiger partial charge in [-0.25, -0.2) is 10.3 Å². The SMILES string of the molecule is O=C(CNCc1ccc(C(=O)O)cc1)NO. The summed E-state index contributed by atoms with van der Waals surface area (Å²) in [6.07, 6.45) is 0. The Labute approximate surface area is 91.9 Å². The third kappa shape index (κ3) is 3.68. The Bertz CT molecular complexity index is 375. The average molecular weight is 224 g/mol. The molecule has 0 unspecified atom stereocenters. The Morgan fingerprint density at radius 1 is 1.19 bits per heavy atom. The fourth-order valence-corrected chi connectivity index (χ4v) is 1.13. The van der Waals surface area contributed by atoms with Gasteiger partial charge in [-0.15, -0.1) is 0 Å². The largest absolute Gasteiger partial charge is 0.478 e. The quantitative estimate of drug-likeness (QED) is 0.416. The van der Waals surface area contributed by atoms with Crippen molar-refractivity contribution in [2.24, 2.45) is 0 Å². The minimum absolute atomic E-state index is 0.00280. The van der Waals surface area contributed by atoms with E-state index in [9.17, 15) is 9.59 Å². The van der Waals surface area contributed by atoms with Gasteiger partial charge in [0, 0.05) is 6.54 Å². The van der Waals surface area contributed by atoms with Crippen LogP contribution in [-0.2, 0) is 11.3 Å². The van der Waals surface area contributed by atoms with Crippen molar-refractivity contribution in [1.29, 1.82) is 0 Å². The number of carboxylic acids is 1. The molecule has 0 atom stereocenters. The molecule has 0 aliphatic heterocycles. The molecule has 0 aliphatic carbocycles. The summed E-state index contributed by atoms with van der Waals surface area (Å²) in [5.74, 6) is -1.50. The van der Waals surface area contributed by atoms with Gasteiger partial charge in [-0.1, -0.05) is 12.1 Å². The molecule has 0 heterocycles. The molecule has 4 N–H and O–H groups in total. The molecule has 1 aromatic rings. The van der Waals surface area contributed by atoms with E-state index in [0.717, 1.165) is 5.56 Å². The van der Waals surface area contributed by atoms with Crippen LogP contribution in [0.5, 0.6) is 0 Å². The highest BCUT2D eigenvalue weighted by Gasteiger charge is 2.02. The number of benzene rings is 1. The first-order valence-electron chi connectivity index (χ1n) is 4.59. The number of hydrogen-bond donors (Lipinski definition) is 4. The van der Waals surface area contributed by atoms with Crippen molar-refractivity contribution in [3.63, 3.8) is 0 Å². The second-order valence-electron chi connectivity index (χ2n) is 3.14. The molecular weight excluding hydrogens is 212 g/mol. The Kier molecular flexibility index (Phi) is 4.43. The fourth-order valence-electron chi connectivity index (χ4n) is 1.13. The lowest BCUT2D eigenvalue weighted by Gasteiger charge is -2.03. The number of carbonyl (C=O) groups is 2. The van der Waals surface area contributed by atoms with E-state index >= 15 is 0 Å². The summed E-state index contributed by atoms with van der Waals surface area (Å²) in [5, 5.41) is 19.7. The lowest BCUT2D eigenvalue weighted by Crippen LogP contribution is -2.31. The Morgan fingerprint density at radius 2 is 1.81 bits per heavy atom. The number of carbonyl (C=O) groups excluding carboxylic acids is 1. The van der Waals surface area contributed by atoms with Crippen molar-refractivity contribution in [2.45, 2.75) is 6.54 Å². The van der Waals surface area contributed by atoms with Gasteiger partial charge in [0.25, 0.3) is 5.91 Å². The lowest BCUT2D eigenvalue weighted by molar-refractivity contribution is -0.128. The van der Waals surface area contributed by atoms with E-state index in [2.05, 4.69) is 5.32 Å². The summed E-state index contributed by atoms with van der Waals surface area (Å²) >= 11 is 0. The molecule has 0 fully saturated rings. The number of aromatic carboxylic acids is 1. The summed E-state index contributed by atoms with van der Waals surface area (Å²) < 4.78 is 0. The molecule has 0 radical (unpaired) electrons. The molecular formula is C10H12N2O4. The summed E-state index contributed by atoms with van der Waals surface area (Å²) in [6.45, 7) is 0.421. The van der Waals surface area contributed by atoms with E-state index in [-0.39, 0.29) is 12.1 Å². The normalized spacial score (nSPS) is 9.81. The summed E-state index contributed by atoms with van der Waals surface area (Å²) in [6, 6.07) is 6.30. The second kappa shape index (κ2) is 5.84. The van der Waals surface area contributed by atoms with Crippen molar-refractivity contribution < 1.29 is 19.9 Å². The monoisotopic (exact) mass is 224 g/mol. The number of carboxylic acid groups (broad SMARTS) is 1. The molecule has 6 nitrogen and oxygen atoms in total. The van der Waals surface area contributed by atoms with Crippen LogP contribution in [0, 0.1) is 0 Å². The zero-order valence-corrected chi connectivity index (χ0v) is 8.43. The molecule has 86 valence electrons. The molecule has 0 bridgehead atoms. The molecule has 6 heteroatoms. The zero-order valence-electron chi connectivity index (χ0n) is 8.43. The Hall–Kier alpha value is -1.92. The fraction of sp³-hybridized carbons (Fsp3) is 0.200. The van der Waals surface area contributed by atoms with Crippen molar-refractivity contribution >= 4 is 11.9 Å². The van der Waals surface area contributed by atoms with Crippen LogP contribution in [0.15, 0.2) is 24.3 Å². The highest BCUT2D eigenvalue weighted by molar-refractivity contribution is 5.87. The van der Waals surface area contributed by atoms with E-state index in [1.807, 2.05) is 0 Å². The van der Waals surface area contributed by atoms with Gasteiger partial charge in [0.05, 0.1) is 12.1 Å². The van der Waals surface area contributed by atoms with Gasteiger partial charge in [-0.05, 0) is 17.7 Å². The average Bonchev–Trinajstić information content (AvgIpc) is 2.29. The maximum Gasteiger partial charge on any atom is 0.335 e. The zero-order chi connectivity index (χ0) is 12.0. The first-order valence-corrected chi connectivity index (χ1v) is 4.59. The van der Waals surface area contributed by atoms with Gasteiger partial charge in [-0.2, -0.15) is 0 Å². The summed E-state index contributed by atoms with van der Waals surface area (Å²) in [7, 11) is 0. The van der Waals surface area contributed by atoms with Gasteiger partial charge in [0.15, 0.2) is 0 Å². The van der Waals surface area contributed by atoms with Crippen molar-refractivity contribution in [2.75, 3.05) is 6.54 Å². The standard InChI is InChI=1S/C10H12N2O4/c13-9(12-16)6-11-5-7-1-3-8(4-2-7)10(14)15/h1-4,11,16H,5-6H2,(H,12,13)(H,14,15). The van der Waals surface area contributed by atoms with Gasteiger partial charge < -0.3 is 10.4 Å².